The molecule has 0 spiro atoms. The van der Waals surface area contributed by atoms with Gasteiger partial charge in [-0.15, -0.1) is 0 Å². The van der Waals surface area contributed by atoms with Crippen molar-refractivity contribution in [3.63, 3.8) is 0 Å². The molecule has 0 fully saturated rings. The molecule has 2 nitrogen and oxygen atoms in total. The first-order valence-electron chi connectivity index (χ1n) is 5.97. The van der Waals surface area contributed by atoms with Crippen LogP contribution in [0.1, 0.15) is 53.4 Å². The minimum atomic E-state index is 0.0450. The standard InChI is InChI=1S/C14H20O2/c1-5-6-7-8-12-11(4)13(15)9(2)10(3)14(12)16/h5-8H2,1-4H3. The molecule has 0 saturated heterocycles. The van der Waals surface area contributed by atoms with Crippen LogP contribution in [-0.2, 0) is 9.59 Å². The van der Waals surface area contributed by atoms with E-state index in [4.69, 9.17) is 0 Å². The lowest BCUT2D eigenvalue weighted by Gasteiger charge is -2.18. The minimum Gasteiger partial charge on any atom is -0.289 e. The Hall–Kier alpha value is -1.18. The number of hydrogen-bond donors (Lipinski definition) is 0. The van der Waals surface area contributed by atoms with E-state index in [2.05, 4.69) is 6.92 Å². The Morgan fingerprint density at radius 1 is 0.812 bits per heavy atom. The van der Waals surface area contributed by atoms with Crippen molar-refractivity contribution in [2.45, 2.75) is 53.4 Å². The molecule has 0 N–H and O–H groups in total. The van der Waals surface area contributed by atoms with E-state index in [1.54, 1.807) is 20.8 Å². The highest BCUT2D eigenvalue weighted by Gasteiger charge is 2.26. The normalized spacial score (nSPS) is 17.5. The maximum absolute atomic E-state index is 12.0. The van der Waals surface area contributed by atoms with E-state index in [0.717, 1.165) is 31.3 Å². The summed E-state index contributed by atoms with van der Waals surface area (Å²) in [6.45, 7) is 7.39. The fourth-order valence-corrected chi connectivity index (χ4v) is 2.01. The van der Waals surface area contributed by atoms with Crippen LogP contribution >= 0.6 is 0 Å². The average Bonchev–Trinajstić information content (AvgIpc) is 2.28. The molecule has 0 heterocycles. The maximum Gasteiger partial charge on any atom is 0.185 e. The Morgan fingerprint density at radius 3 is 1.94 bits per heavy atom. The van der Waals surface area contributed by atoms with Crippen molar-refractivity contribution in [3.8, 4) is 0 Å². The molecule has 1 rings (SSSR count). The zero-order valence-electron chi connectivity index (χ0n) is 10.6. The van der Waals surface area contributed by atoms with Crippen molar-refractivity contribution in [3.05, 3.63) is 22.3 Å². The molecule has 88 valence electrons. The van der Waals surface area contributed by atoms with Crippen LogP contribution in [0.3, 0.4) is 0 Å². The van der Waals surface area contributed by atoms with Crippen LogP contribution in [0.15, 0.2) is 22.3 Å². The molecule has 16 heavy (non-hydrogen) atoms. The number of unbranched alkanes of at least 4 members (excludes halogenated alkanes) is 2. The zero-order chi connectivity index (χ0) is 12.3. The average molecular weight is 220 g/mol. The van der Waals surface area contributed by atoms with Gasteiger partial charge in [-0.25, -0.2) is 0 Å². The van der Waals surface area contributed by atoms with Crippen molar-refractivity contribution in [1.29, 1.82) is 0 Å². The minimum absolute atomic E-state index is 0.0450. The van der Waals surface area contributed by atoms with E-state index in [9.17, 15) is 9.59 Å². The molecule has 1 aliphatic rings. The fourth-order valence-electron chi connectivity index (χ4n) is 2.01. The predicted molar refractivity (Wildman–Crippen MR) is 65.2 cm³/mol. The largest absolute Gasteiger partial charge is 0.289 e. The molecule has 0 saturated carbocycles. The molecule has 2 heteroatoms. The number of ketones is 2. The molecular formula is C14H20O2. The smallest absolute Gasteiger partial charge is 0.185 e. The molecule has 0 unspecified atom stereocenters. The van der Waals surface area contributed by atoms with Crippen LogP contribution in [0.5, 0.6) is 0 Å². The highest BCUT2D eigenvalue weighted by molar-refractivity contribution is 6.24. The number of carbonyl (C=O) groups excluding carboxylic acids is 2. The zero-order valence-corrected chi connectivity index (χ0v) is 10.6. The Kier molecular flexibility index (Phi) is 4.22. The van der Waals surface area contributed by atoms with Crippen molar-refractivity contribution in [2.75, 3.05) is 0 Å². The van der Waals surface area contributed by atoms with E-state index in [1.165, 1.54) is 0 Å². The van der Waals surface area contributed by atoms with Crippen LogP contribution in [0, 0.1) is 0 Å². The third-order valence-corrected chi connectivity index (χ3v) is 3.34. The summed E-state index contributed by atoms with van der Waals surface area (Å²) in [5, 5.41) is 0. The van der Waals surface area contributed by atoms with Gasteiger partial charge in [0.1, 0.15) is 0 Å². The number of hydrogen-bond acceptors (Lipinski definition) is 2. The van der Waals surface area contributed by atoms with Crippen molar-refractivity contribution in [2.24, 2.45) is 0 Å². The van der Waals surface area contributed by atoms with Gasteiger partial charge in [0.2, 0.25) is 0 Å². The van der Waals surface area contributed by atoms with Gasteiger partial charge in [0.05, 0.1) is 0 Å². The molecular weight excluding hydrogens is 200 g/mol. The SMILES string of the molecule is CCCCCC1=C(C)C(=O)C(C)=C(C)C1=O. The molecule has 0 radical (unpaired) electrons. The van der Waals surface area contributed by atoms with Gasteiger partial charge >= 0.3 is 0 Å². The Balaban J connectivity index is 2.91. The lowest BCUT2D eigenvalue weighted by Crippen LogP contribution is -2.20. The fraction of sp³-hybridized carbons (Fsp3) is 0.571. The molecule has 0 aromatic carbocycles. The Morgan fingerprint density at radius 2 is 1.38 bits per heavy atom. The van der Waals surface area contributed by atoms with E-state index in [0.29, 0.717) is 16.7 Å². The first-order chi connectivity index (χ1) is 7.50. The highest BCUT2D eigenvalue weighted by atomic mass is 16.1. The molecule has 0 atom stereocenters. The maximum atomic E-state index is 12.0. The van der Waals surface area contributed by atoms with Gasteiger partial charge in [-0.3, -0.25) is 9.59 Å². The van der Waals surface area contributed by atoms with Gasteiger partial charge in [0, 0.05) is 22.3 Å². The second kappa shape index (κ2) is 5.24. The van der Waals surface area contributed by atoms with Crippen molar-refractivity contribution in [1.82, 2.24) is 0 Å². The summed E-state index contributed by atoms with van der Waals surface area (Å²) in [5.41, 5.74) is 2.63. The first-order valence-corrected chi connectivity index (χ1v) is 5.97. The summed E-state index contributed by atoms with van der Waals surface area (Å²) in [4.78, 5) is 23.9. The van der Waals surface area contributed by atoms with Crippen LogP contribution in [0.2, 0.25) is 0 Å². The summed E-state index contributed by atoms with van der Waals surface area (Å²) < 4.78 is 0. The first kappa shape index (κ1) is 12.9. The molecule has 0 amide bonds. The number of Topliss-reactive ketones (excluding diaryl/α,β-unsaturated/α-hetero) is 2. The number of allylic oxidation sites excluding steroid dienone is 4. The number of carbonyl (C=O) groups is 2. The third-order valence-electron chi connectivity index (χ3n) is 3.34. The van der Waals surface area contributed by atoms with Gasteiger partial charge in [0.25, 0.3) is 0 Å². The lowest BCUT2D eigenvalue weighted by molar-refractivity contribution is -0.116. The molecule has 1 aliphatic carbocycles. The third kappa shape index (κ3) is 2.31. The lowest BCUT2D eigenvalue weighted by atomic mass is 9.84. The highest BCUT2D eigenvalue weighted by Crippen LogP contribution is 2.27. The van der Waals surface area contributed by atoms with Gasteiger partial charge in [-0.05, 0) is 33.6 Å². The summed E-state index contributed by atoms with van der Waals surface area (Å²) >= 11 is 0. The van der Waals surface area contributed by atoms with E-state index in [1.807, 2.05) is 0 Å². The van der Waals surface area contributed by atoms with Gasteiger partial charge in [0.15, 0.2) is 11.6 Å². The second-order valence-corrected chi connectivity index (χ2v) is 4.47. The summed E-state index contributed by atoms with van der Waals surface area (Å²) in [6, 6.07) is 0. The summed E-state index contributed by atoms with van der Waals surface area (Å²) in [6.07, 6.45) is 3.98. The molecule has 0 aliphatic heterocycles. The topological polar surface area (TPSA) is 34.1 Å². The Labute approximate surface area is 97.4 Å². The molecule has 0 aromatic rings. The van der Waals surface area contributed by atoms with E-state index < -0.39 is 0 Å². The van der Waals surface area contributed by atoms with Crippen LogP contribution in [0.25, 0.3) is 0 Å². The quantitative estimate of drug-likeness (QED) is 0.537. The van der Waals surface area contributed by atoms with Gasteiger partial charge in [-0.2, -0.15) is 0 Å². The van der Waals surface area contributed by atoms with Crippen molar-refractivity contribution < 1.29 is 9.59 Å². The molecule has 0 bridgehead atoms. The second-order valence-electron chi connectivity index (χ2n) is 4.47. The monoisotopic (exact) mass is 220 g/mol. The predicted octanol–water partition coefficient (Wildman–Crippen LogP) is 3.37. The number of rotatable bonds is 4. The van der Waals surface area contributed by atoms with Gasteiger partial charge in [-0.1, -0.05) is 19.8 Å². The van der Waals surface area contributed by atoms with E-state index >= 15 is 0 Å². The summed E-state index contributed by atoms with van der Waals surface area (Å²) in [5.74, 6) is 0.120. The van der Waals surface area contributed by atoms with Crippen LogP contribution < -0.4 is 0 Å². The van der Waals surface area contributed by atoms with E-state index in [-0.39, 0.29) is 11.6 Å². The van der Waals surface area contributed by atoms with Crippen LogP contribution in [-0.4, -0.2) is 11.6 Å². The van der Waals surface area contributed by atoms with Crippen molar-refractivity contribution >= 4 is 11.6 Å². The van der Waals surface area contributed by atoms with Crippen LogP contribution in [0.4, 0.5) is 0 Å². The Bertz CT molecular complexity index is 384. The molecule has 0 aromatic heterocycles. The van der Waals surface area contributed by atoms with Gasteiger partial charge < -0.3 is 0 Å². The summed E-state index contributed by atoms with van der Waals surface area (Å²) in [7, 11) is 0.